The summed E-state index contributed by atoms with van der Waals surface area (Å²) >= 11 is 1.71. The van der Waals surface area contributed by atoms with Gasteiger partial charge in [0.2, 0.25) is 0 Å². The number of urea groups is 1. The molecule has 5 nitrogen and oxygen atoms in total. The number of nitrogens with zero attached hydrogens (tertiary/aromatic N) is 2. The summed E-state index contributed by atoms with van der Waals surface area (Å²) in [4.78, 5) is 19.9. The highest BCUT2D eigenvalue weighted by atomic mass is 32.1. The molecule has 1 atom stereocenters. The zero-order valence-corrected chi connectivity index (χ0v) is 14.8. The molecule has 1 saturated heterocycles. The number of hydrogen-bond acceptors (Lipinski definition) is 4. The molecule has 0 aliphatic carbocycles. The topological polar surface area (TPSA) is 65.5 Å². The minimum atomic E-state index is -0.851. The van der Waals surface area contributed by atoms with Crippen LogP contribution in [0.25, 0.3) is 0 Å². The van der Waals surface area contributed by atoms with E-state index in [2.05, 4.69) is 24.1 Å². The van der Waals surface area contributed by atoms with E-state index in [0.717, 1.165) is 42.9 Å². The predicted molar refractivity (Wildman–Crippen MR) is 89.4 cm³/mol. The monoisotopic (exact) mass is 325 g/mol. The van der Waals surface area contributed by atoms with Gasteiger partial charge in [0.05, 0.1) is 22.3 Å². The van der Waals surface area contributed by atoms with Crippen LogP contribution in [-0.2, 0) is 12.8 Å². The van der Waals surface area contributed by atoms with Crippen LogP contribution in [0, 0.1) is 6.92 Å². The molecule has 22 heavy (non-hydrogen) atoms. The van der Waals surface area contributed by atoms with Crippen molar-refractivity contribution in [3.05, 3.63) is 15.6 Å². The molecule has 6 heteroatoms. The number of amides is 2. The SMILES string of the molecule is CCc1nc(CCNC(=O)N2CCCC2C(C)(C)O)sc1C. The van der Waals surface area contributed by atoms with E-state index in [1.165, 1.54) is 4.88 Å². The minimum absolute atomic E-state index is 0.0754. The molecule has 2 rings (SSSR count). The van der Waals surface area contributed by atoms with E-state index < -0.39 is 5.60 Å². The van der Waals surface area contributed by atoms with Crippen LogP contribution in [0.2, 0.25) is 0 Å². The molecule has 1 unspecified atom stereocenters. The first-order chi connectivity index (χ1) is 10.3. The van der Waals surface area contributed by atoms with Crippen LogP contribution in [0.4, 0.5) is 4.79 Å². The normalized spacial score (nSPS) is 18.8. The Hall–Kier alpha value is -1.14. The van der Waals surface area contributed by atoms with Crippen molar-refractivity contribution in [3.63, 3.8) is 0 Å². The Balaban J connectivity index is 1.84. The third-order valence-corrected chi connectivity index (χ3v) is 5.29. The quantitative estimate of drug-likeness (QED) is 0.874. The van der Waals surface area contributed by atoms with E-state index in [0.29, 0.717) is 6.54 Å². The minimum Gasteiger partial charge on any atom is -0.388 e. The highest BCUT2D eigenvalue weighted by Gasteiger charge is 2.38. The molecular formula is C16H27N3O2S. The van der Waals surface area contributed by atoms with Crippen LogP contribution in [0.5, 0.6) is 0 Å². The number of nitrogens with one attached hydrogen (secondary N) is 1. The fourth-order valence-corrected chi connectivity index (χ4v) is 4.07. The lowest BCUT2D eigenvalue weighted by molar-refractivity contribution is 0.00986. The Morgan fingerprint density at radius 2 is 2.27 bits per heavy atom. The predicted octanol–water partition coefficient (Wildman–Crippen LogP) is 2.50. The fraction of sp³-hybridized carbons (Fsp3) is 0.750. The first-order valence-electron chi connectivity index (χ1n) is 8.05. The average Bonchev–Trinajstić information content (AvgIpc) is 3.04. The smallest absolute Gasteiger partial charge is 0.317 e. The Kier molecular flexibility index (Phi) is 5.45. The summed E-state index contributed by atoms with van der Waals surface area (Å²) in [6, 6.07) is -0.171. The molecule has 2 heterocycles. The molecule has 1 fully saturated rings. The Labute approximate surface area is 136 Å². The van der Waals surface area contributed by atoms with Gasteiger partial charge in [0.15, 0.2) is 0 Å². The lowest BCUT2D eigenvalue weighted by Gasteiger charge is -2.33. The van der Waals surface area contributed by atoms with Crippen LogP contribution >= 0.6 is 11.3 Å². The zero-order chi connectivity index (χ0) is 16.3. The number of carbonyl (C=O) groups is 1. The van der Waals surface area contributed by atoms with Gasteiger partial charge in [-0.15, -0.1) is 11.3 Å². The number of carbonyl (C=O) groups excluding carboxylic acids is 1. The van der Waals surface area contributed by atoms with Crippen molar-refractivity contribution in [1.82, 2.24) is 15.2 Å². The number of aromatic nitrogens is 1. The van der Waals surface area contributed by atoms with E-state index >= 15 is 0 Å². The van der Waals surface area contributed by atoms with Crippen LogP contribution < -0.4 is 5.32 Å². The van der Waals surface area contributed by atoms with E-state index in [-0.39, 0.29) is 12.1 Å². The molecule has 1 aromatic heterocycles. The van der Waals surface area contributed by atoms with Crippen LogP contribution in [0.3, 0.4) is 0 Å². The summed E-state index contributed by atoms with van der Waals surface area (Å²) in [7, 11) is 0. The van der Waals surface area contributed by atoms with Crippen molar-refractivity contribution in [2.24, 2.45) is 0 Å². The van der Waals surface area contributed by atoms with E-state index in [9.17, 15) is 9.90 Å². The Morgan fingerprint density at radius 1 is 1.55 bits per heavy atom. The Bertz CT molecular complexity index is 522. The first-order valence-corrected chi connectivity index (χ1v) is 8.86. The standard InChI is InChI=1S/C16H27N3O2S/c1-5-12-11(2)22-14(18-12)8-9-17-15(20)19-10-6-7-13(19)16(3,4)21/h13,21H,5-10H2,1-4H3,(H,17,20). The van der Waals surface area contributed by atoms with Gasteiger partial charge in [-0.1, -0.05) is 6.92 Å². The van der Waals surface area contributed by atoms with Crippen molar-refractivity contribution in [3.8, 4) is 0 Å². The molecule has 1 aliphatic heterocycles. The molecule has 0 saturated carbocycles. The highest BCUT2D eigenvalue weighted by molar-refractivity contribution is 7.11. The van der Waals surface area contributed by atoms with Gasteiger partial charge >= 0.3 is 6.03 Å². The van der Waals surface area contributed by atoms with E-state index in [4.69, 9.17) is 0 Å². The maximum absolute atomic E-state index is 12.3. The molecule has 0 bridgehead atoms. The van der Waals surface area contributed by atoms with Crippen LogP contribution in [-0.4, -0.2) is 45.8 Å². The second-order valence-corrected chi connectivity index (χ2v) is 7.74. The fourth-order valence-electron chi connectivity index (χ4n) is 3.04. The number of aliphatic hydroxyl groups is 1. The third-order valence-electron chi connectivity index (χ3n) is 4.22. The molecule has 1 aliphatic rings. The average molecular weight is 325 g/mol. The van der Waals surface area contributed by atoms with Crippen molar-refractivity contribution >= 4 is 17.4 Å². The van der Waals surface area contributed by atoms with Gasteiger partial charge < -0.3 is 15.3 Å². The number of likely N-dealkylation sites (tertiary alicyclic amines) is 1. The van der Waals surface area contributed by atoms with Crippen LogP contribution in [0.15, 0.2) is 0 Å². The number of hydrogen-bond donors (Lipinski definition) is 2. The van der Waals surface area contributed by atoms with Gasteiger partial charge in [0.1, 0.15) is 0 Å². The lowest BCUT2D eigenvalue weighted by atomic mass is 9.97. The summed E-state index contributed by atoms with van der Waals surface area (Å²) in [5.41, 5.74) is 0.309. The second kappa shape index (κ2) is 6.96. The summed E-state index contributed by atoms with van der Waals surface area (Å²) in [6.45, 7) is 9.05. The van der Waals surface area contributed by atoms with E-state index in [1.54, 1.807) is 30.1 Å². The maximum Gasteiger partial charge on any atom is 0.317 e. The summed E-state index contributed by atoms with van der Waals surface area (Å²) < 4.78 is 0. The molecule has 0 aromatic carbocycles. The number of thiazole rings is 1. The van der Waals surface area contributed by atoms with Gasteiger partial charge in [-0.2, -0.15) is 0 Å². The molecule has 0 radical (unpaired) electrons. The lowest BCUT2D eigenvalue weighted by Crippen LogP contribution is -2.51. The van der Waals surface area contributed by atoms with Gasteiger partial charge in [-0.05, 0) is 40.0 Å². The van der Waals surface area contributed by atoms with Gasteiger partial charge in [-0.3, -0.25) is 0 Å². The summed E-state index contributed by atoms with van der Waals surface area (Å²) in [6.07, 6.45) is 3.53. The van der Waals surface area contributed by atoms with E-state index in [1.807, 2.05) is 0 Å². The number of aryl methyl sites for hydroxylation is 2. The second-order valence-electron chi connectivity index (χ2n) is 6.45. The zero-order valence-electron chi connectivity index (χ0n) is 14.0. The largest absolute Gasteiger partial charge is 0.388 e. The Morgan fingerprint density at radius 3 is 2.86 bits per heavy atom. The molecule has 0 spiro atoms. The maximum atomic E-state index is 12.3. The van der Waals surface area contributed by atoms with Crippen molar-refractivity contribution in [2.45, 2.75) is 65.0 Å². The highest BCUT2D eigenvalue weighted by Crippen LogP contribution is 2.26. The molecular weight excluding hydrogens is 298 g/mol. The van der Waals surface area contributed by atoms with Crippen molar-refractivity contribution in [2.75, 3.05) is 13.1 Å². The first kappa shape index (κ1) is 17.2. The van der Waals surface area contributed by atoms with Gasteiger partial charge in [-0.25, -0.2) is 9.78 Å². The summed E-state index contributed by atoms with van der Waals surface area (Å²) in [5, 5.41) is 14.2. The molecule has 1 aromatic rings. The molecule has 2 N–H and O–H groups in total. The third kappa shape index (κ3) is 3.98. The van der Waals surface area contributed by atoms with Crippen LogP contribution in [0.1, 0.15) is 49.2 Å². The van der Waals surface area contributed by atoms with Crippen molar-refractivity contribution < 1.29 is 9.90 Å². The molecule has 2 amide bonds. The van der Waals surface area contributed by atoms with Gasteiger partial charge in [0, 0.05) is 24.4 Å². The van der Waals surface area contributed by atoms with Gasteiger partial charge in [0.25, 0.3) is 0 Å². The molecule has 124 valence electrons. The number of rotatable bonds is 5. The summed E-state index contributed by atoms with van der Waals surface area (Å²) in [5.74, 6) is 0. The van der Waals surface area contributed by atoms with Crippen molar-refractivity contribution in [1.29, 1.82) is 0 Å².